The van der Waals surface area contributed by atoms with E-state index >= 15 is 0 Å². The van der Waals surface area contributed by atoms with Crippen LogP contribution < -0.4 is 10.5 Å². The summed E-state index contributed by atoms with van der Waals surface area (Å²) in [7, 11) is 0. The van der Waals surface area contributed by atoms with Crippen LogP contribution in [0.2, 0.25) is 0 Å². The number of halogens is 1. The number of benzene rings is 1. The van der Waals surface area contributed by atoms with Crippen molar-refractivity contribution in [1.82, 2.24) is 14.9 Å². The molecule has 0 aliphatic carbocycles. The minimum absolute atomic E-state index is 0.00712. The molecule has 6 nitrogen and oxygen atoms in total. The Bertz CT molecular complexity index is 791. The van der Waals surface area contributed by atoms with Gasteiger partial charge in [-0.15, -0.1) is 0 Å². The van der Waals surface area contributed by atoms with Gasteiger partial charge in [0.05, 0.1) is 5.54 Å². The third-order valence-corrected chi connectivity index (χ3v) is 4.35. The molecular formula is C19H23FN4O2. The number of ether oxygens (including phenoxy) is 1. The van der Waals surface area contributed by atoms with E-state index < -0.39 is 5.54 Å². The maximum Gasteiger partial charge on any atom is 0.242 e. The van der Waals surface area contributed by atoms with Crippen LogP contribution in [0.3, 0.4) is 0 Å². The molecule has 1 aliphatic rings. The number of rotatable bonds is 4. The number of carbonyl (C=O) groups is 1. The molecule has 3 rings (SSSR count). The highest BCUT2D eigenvalue weighted by Crippen LogP contribution is 2.33. The quantitative estimate of drug-likeness (QED) is 0.909. The van der Waals surface area contributed by atoms with E-state index in [1.54, 1.807) is 37.1 Å². The Morgan fingerprint density at radius 1 is 1.35 bits per heavy atom. The van der Waals surface area contributed by atoms with E-state index in [1.807, 2.05) is 0 Å². The predicted molar refractivity (Wildman–Crippen MR) is 95.3 cm³/mol. The molecule has 7 heteroatoms. The molecule has 1 atom stereocenters. The number of nitrogens with two attached hydrogens (primary N) is 1. The minimum atomic E-state index is -0.912. The Labute approximate surface area is 152 Å². The van der Waals surface area contributed by atoms with Crippen LogP contribution in [0.15, 0.2) is 36.7 Å². The van der Waals surface area contributed by atoms with E-state index in [0.717, 1.165) is 12.8 Å². The molecule has 2 heterocycles. The fraction of sp³-hybridized carbons (Fsp3) is 0.421. The number of hydrogen-bond donors (Lipinski definition) is 1. The van der Waals surface area contributed by atoms with Crippen molar-refractivity contribution in [3.05, 3.63) is 48.2 Å². The van der Waals surface area contributed by atoms with Gasteiger partial charge in [-0.3, -0.25) is 9.78 Å². The molecule has 1 aliphatic heterocycles. The molecular weight excluding hydrogens is 335 g/mol. The van der Waals surface area contributed by atoms with Gasteiger partial charge in [-0.2, -0.15) is 0 Å². The van der Waals surface area contributed by atoms with Crippen molar-refractivity contribution >= 4 is 5.91 Å². The Hall–Kier alpha value is -2.54. The fourth-order valence-corrected chi connectivity index (χ4v) is 3.13. The van der Waals surface area contributed by atoms with Gasteiger partial charge < -0.3 is 15.4 Å². The number of nitrogens with zero attached hydrogens (tertiary/aromatic N) is 3. The van der Waals surface area contributed by atoms with E-state index in [2.05, 4.69) is 9.97 Å². The number of amides is 1. The lowest BCUT2D eigenvalue weighted by molar-refractivity contribution is -0.137. The highest BCUT2D eigenvalue weighted by molar-refractivity contribution is 5.85. The number of hydrogen-bond acceptors (Lipinski definition) is 5. The average Bonchev–Trinajstić information content (AvgIpc) is 2.61. The standard InChI is InChI=1S/C19H23FN4O2/c1-19(2,21)18(25)24-10-4-5-13(12-24)16-17(23-9-8-22-16)26-15-7-3-6-14(20)11-15/h3,6-9,11,13H,4-5,10,12,21H2,1-2H3/t13-/m0/s1. The topological polar surface area (TPSA) is 81.3 Å². The van der Waals surface area contributed by atoms with E-state index in [9.17, 15) is 9.18 Å². The maximum atomic E-state index is 13.4. The summed E-state index contributed by atoms with van der Waals surface area (Å²) in [6.07, 6.45) is 4.85. The van der Waals surface area contributed by atoms with Gasteiger partial charge in [-0.25, -0.2) is 9.37 Å². The first-order valence-corrected chi connectivity index (χ1v) is 8.67. The number of aromatic nitrogens is 2. The molecule has 26 heavy (non-hydrogen) atoms. The lowest BCUT2D eigenvalue weighted by atomic mass is 9.93. The summed E-state index contributed by atoms with van der Waals surface area (Å²) in [4.78, 5) is 23.0. The zero-order valence-corrected chi connectivity index (χ0v) is 15.0. The molecule has 1 aromatic heterocycles. The van der Waals surface area contributed by atoms with Crippen LogP contribution in [0.5, 0.6) is 11.6 Å². The van der Waals surface area contributed by atoms with Crippen molar-refractivity contribution < 1.29 is 13.9 Å². The summed E-state index contributed by atoms with van der Waals surface area (Å²) in [6, 6.07) is 5.88. The third-order valence-electron chi connectivity index (χ3n) is 4.35. The van der Waals surface area contributed by atoms with Gasteiger partial charge >= 0.3 is 0 Å². The van der Waals surface area contributed by atoms with Crippen molar-refractivity contribution in [2.24, 2.45) is 5.73 Å². The van der Waals surface area contributed by atoms with Gasteiger partial charge in [0.1, 0.15) is 17.3 Å². The summed E-state index contributed by atoms with van der Waals surface area (Å²) < 4.78 is 19.2. The first kappa shape index (κ1) is 18.3. The van der Waals surface area contributed by atoms with E-state index in [-0.39, 0.29) is 17.6 Å². The summed E-state index contributed by atoms with van der Waals surface area (Å²) in [5.74, 6) is 0.224. The normalized spacial score (nSPS) is 17.8. The Morgan fingerprint density at radius 3 is 2.85 bits per heavy atom. The van der Waals surface area contributed by atoms with Gasteiger partial charge in [0, 0.05) is 37.5 Å². The summed E-state index contributed by atoms with van der Waals surface area (Å²) in [6.45, 7) is 4.60. The van der Waals surface area contributed by atoms with Gasteiger partial charge in [-0.05, 0) is 38.8 Å². The first-order chi connectivity index (χ1) is 12.3. The zero-order valence-electron chi connectivity index (χ0n) is 15.0. The van der Waals surface area contributed by atoms with Crippen LogP contribution in [-0.2, 0) is 4.79 Å². The Balaban J connectivity index is 1.82. The van der Waals surface area contributed by atoms with Gasteiger partial charge in [0.25, 0.3) is 0 Å². The monoisotopic (exact) mass is 358 g/mol. The van der Waals surface area contributed by atoms with Crippen LogP contribution >= 0.6 is 0 Å². The van der Waals surface area contributed by atoms with Crippen molar-refractivity contribution in [3.63, 3.8) is 0 Å². The summed E-state index contributed by atoms with van der Waals surface area (Å²) in [5, 5.41) is 0. The van der Waals surface area contributed by atoms with Crippen LogP contribution in [0.25, 0.3) is 0 Å². The van der Waals surface area contributed by atoms with Gasteiger partial charge in [0.2, 0.25) is 11.8 Å². The summed E-state index contributed by atoms with van der Waals surface area (Å²) >= 11 is 0. The smallest absolute Gasteiger partial charge is 0.242 e. The fourth-order valence-electron chi connectivity index (χ4n) is 3.13. The van der Waals surface area contributed by atoms with Crippen molar-refractivity contribution in [3.8, 4) is 11.6 Å². The highest BCUT2D eigenvalue weighted by Gasteiger charge is 2.33. The molecule has 1 aromatic carbocycles. The molecule has 1 saturated heterocycles. The summed E-state index contributed by atoms with van der Waals surface area (Å²) in [5.41, 5.74) is 5.72. The van der Waals surface area contributed by atoms with E-state index in [4.69, 9.17) is 10.5 Å². The minimum Gasteiger partial charge on any atom is -0.437 e. The van der Waals surface area contributed by atoms with Gasteiger partial charge in [0.15, 0.2) is 0 Å². The molecule has 2 N–H and O–H groups in total. The molecule has 2 aromatic rings. The lowest BCUT2D eigenvalue weighted by Gasteiger charge is -2.36. The highest BCUT2D eigenvalue weighted by atomic mass is 19.1. The molecule has 1 amide bonds. The van der Waals surface area contributed by atoms with Gasteiger partial charge in [-0.1, -0.05) is 6.07 Å². The Kier molecular flexibility index (Phi) is 5.18. The third kappa shape index (κ3) is 4.16. The number of likely N-dealkylation sites (tertiary alicyclic amines) is 1. The van der Waals surface area contributed by atoms with Crippen molar-refractivity contribution in [2.45, 2.75) is 38.1 Å². The first-order valence-electron chi connectivity index (χ1n) is 8.67. The molecule has 138 valence electrons. The second kappa shape index (κ2) is 7.37. The second-order valence-electron chi connectivity index (χ2n) is 7.12. The molecule has 0 saturated carbocycles. The molecule has 1 fully saturated rings. The van der Waals surface area contributed by atoms with E-state index in [1.165, 1.54) is 18.3 Å². The predicted octanol–water partition coefficient (Wildman–Crippen LogP) is 2.85. The lowest BCUT2D eigenvalue weighted by Crippen LogP contribution is -2.53. The van der Waals surface area contributed by atoms with Crippen LogP contribution in [0, 0.1) is 5.82 Å². The molecule has 0 radical (unpaired) electrons. The SMILES string of the molecule is CC(C)(N)C(=O)N1CCC[C@H](c2nccnc2Oc2cccc(F)c2)C1. The van der Waals surface area contributed by atoms with E-state index in [0.29, 0.717) is 30.4 Å². The molecule has 0 unspecified atom stereocenters. The second-order valence-corrected chi connectivity index (χ2v) is 7.12. The van der Waals surface area contributed by atoms with Crippen LogP contribution in [-0.4, -0.2) is 39.4 Å². The average molecular weight is 358 g/mol. The maximum absolute atomic E-state index is 13.4. The van der Waals surface area contributed by atoms with Crippen LogP contribution in [0.1, 0.15) is 38.3 Å². The van der Waals surface area contributed by atoms with Crippen LogP contribution in [0.4, 0.5) is 4.39 Å². The Morgan fingerprint density at radius 2 is 2.12 bits per heavy atom. The zero-order chi connectivity index (χ0) is 18.7. The number of carbonyl (C=O) groups excluding carboxylic acids is 1. The largest absolute Gasteiger partial charge is 0.437 e. The van der Waals surface area contributed by atoms with Crippen molar-refractivity contribution in [2.75, 3.05) is 13.1 Å². The number of piperidine rings is 1. The van der Waals surface area contributed by atoms with Crippen molar-refractivity contribution in [1.29, 1.82) is 0 Å². The molecule has 0 bridgehead atoms. The molecule has 0 spiro atoms.